The van der Waals surface area contributed by atoms with E-state index in [-0.39, 0.29) is 0 Å². The topological polar surface area (TPSA) is 40.1 Å². The second-order valence-corrected chi connectivity index (χ2v) is 3.85. The first-order valence-corrected chi connectivity index (χ1v) is 4.23. The van der Waals surface area contributed by atoms with Gasteiger partial charge < -0.3 is 4.55 Å². The SMILES string of the molecule is CCC(C)(CC)S(=O)[O-]. The zero-order valence-electron chi connectivity index (χ0n) is 6.14. The van der Waals surface area contributed by atoms with Crippen molar-refractivity contribution in [3.8, 4) is 0 Å². The van der Waals surface area contributed by atoms with Gasteiger partial charge in [-0.3, -0.25) is 4.21 Å². The van der Waals surface area contributed by atoms with E-state index in [4.69, 9.17) is 0 Å². The van der Waals surface area contributed by atoms with Crippen molar-refractivity contribution in [2.24, 2.45) is 0 Å². The molecular weight excluding hydrogens is 136 g/mol. The highest BCUT2D eigenvalue weighted by Gasteiger charge is 2.19. The van der Waals surface area contributed by atoms with E-state index in [1.807, 2.05) is 13.8 Å². The van der Waals surface area contributed by atoms with Crippen molar-refractivity contribution in [1.82, 2.24) is 0 Å². The lowest BCUT2D eigenvalue weighted by molar-refractivity contribution is 0.467. The molecule has 0 heterocycles. The van der Waals surface area contributed by atoms with Gasteiger partial charge in [0.25, 0.3) is 0 Å². The Morgan fingerprint density at radius 3 is 1.78 bits per heavy atom. The molecule has 1 unspecified atom stereocenters. The molecule has 0 aliphatic carbocycles. The first-order chi connectivity index (χ1) is 4.06. The van der Waals surface area contributed by atoms with Crippen LogP contribution in [0.4, 0.5) is 0 Å². The fourth-order valence-electron chi connectivity index (χ4n) is 0.486. The minimum atomic E-state index is -1.92. The first kappa shape index (κ1) is 9.11. The van der Waals surface area contributed by atoms with Gasteiger partial charge in [-0.05, 0) is 30.8 Å². The summed E-state index contributed by atoms with van der Waals surface area (Å²) in [5.41, 5.74) is 0. The zero-order valence-corrected chi connectivity index (χ0v) is 6.96. The summed E-state index contributed by atoms with van der Waals surface area (Å²) in [7, 11) is 0. The Bertz CT molecular complexity index is 108. The Morgan fingerprint density at radius 1 is 1.44 bits per heavy atom. The second kappa shape index (κ2) is 3.32. The smallest absolute Gasteiger partial charge is 0.0294 e. The molecule has 2 nitrogen and oxygen atoms in total. The summed E-state index contributed by atoms with van der Waals surface area (Å²) in [6.07, 6.45) is 1.39. The zero-order chi connectivity index (χ0) is 7.49. The van der Waals surface area contributed by atoms with Crippen molar-refractivity contribution in [3.63, 3.8) is 0 Å². The molecule has 0 aliphatic rings. The molecule has 0 aromatic heterocycles. The molecule has 0 fully saturated rings. The molecule has 9 heavy (non-hydrogen) atoms. The predicted molar refractivity (Wildman–Crippen MR) is 37.9 cm³/mol. The van der Waals surface area contributed by atoms with Gasteiger partial charge in [-0.2, -0.15) is 0 Å². The van der Waals surface area contributed by atoms with Gasteiger partial charge >= 0.3 is 0 Å². The van der Waals surface area contributed by atoms with Crippen LogP contribution in [0.15, 0.2) is 0 Å². The van der Waals surface area contributed by atoms with Crippen molar-refractivity contribution < 1.29 is 8.76 Å². The van der Waals surface area contributed by atoms with Crippen LogP contribution in [-0.2, 0) is 11.1 Å². The van der Waals surface area contributed by atoms with E-state index in [0.717, 1.165) is 0 Å². The quantitative estimate of drug-likeness (QED) is 0.570. The van der Waals surface area contributed by atoms with E-state index >= 15 is 0 Å². The summed E-state index contributed by atoms with van der Waals surface area (Å²) in [5.74, 6) is 0. The van der Waals surface area contributed by atoms with Crippen LogP contribution in [0.3, 0.4) is 0 Å². The molecule has 0 N–H and O–H groups in total. The van der Waals surface area contributed by atoms with Crippen LogP contribution in [0, 0.1) is 0 Å². The highest BCUT2D eigenvalue weighted by molar-refractivity contribution is 7.80. The van der Waals surface area contributed by atoms with Gasteiger partial charge in [0, 0.05) is 4.75 Å². The normalized spacial score (nSPS) is 15.6. The van der Waals surface area contributed by atoms with E-state index in [9.17, 15) is 8.76 Å². The van der Waals surface area contributed by atoms with E-state index in [1.165, 1.54) is 0 Å². The van der Waals surface area contributed by atoms with Gasteiger partial charge in [-0.25, -0.2) is 0 Å². The van der Waals surface area contributed by atoms with Crippen LogP contribution in [0.5, 0.6) is 0 Å². The third-order valence-electron chi connectivity index (χ3n) is 1.90. The standard InChI is InChI=1S/C6H14O2S/c1-4-6(3,5-2)9(7)8/h4-5H2,1-3H3,(H,7,8)/p-1. The summed E-state index contributed by atoms with van der Waals surface area (Å²) >= 11 is -1.92. The highest BCUT2D eigenvalue weighted by atomic mass is 32.2. The van der Waals surface area contributed by atoms with Crippen LogP contribution in [0.2, 0.25) is 0 Å². The molecule has 0 saturated carbocycles. The van der Waals surface area contributed by atoms with Gasteiger partial charge in [-0.1, -0.05) is 13.8 Å². The van der Waals surface area contributed by atoms with Crippen molar-refractivity contribution in [3.05, 3.63) is 0 Å². The molecular formula is C6H13O2S-. The van der Waals surface area contributed by atoms with Crippen molar-refractivity contribution in [2.45, 2.75) is 38.4 Å². The van der Waals surface area contributed by atoms with Crippen LogP contribution in [0.1, 0.15) is 33.6 Å². The van der Waals surface area contributed by atoms with Gasteiger partial charge in [0.05, 0.1) is 0 Å². The summed E-state index contributed by atoms with van der Waals surface area (Å²) in [4.78, 5) is 0. The van der Waals surface area contributed by atoms with Gasteiger partial charge in [0.1, 0.15) is 0 Å². The van der Waals surface area contributed by atoms with Crippen molar-refractivity contribution in [1.29, 1.82) is 0 Å². The van der Waals surface area contributed by atoms with E-state index in [2.05, 4.69) is 0 Å². The van der Waals surface area contributed by atoms with Crippen LogP contribution in [-0.4, -0.2) is 13.5 Å². The van der Waals surface area contributed by atoms with Crippen LogP contribution < -0.4 is 0 Å². The monoisotopic (exact) mass is 149 g/mol. The van der Waals surface area contributed by atoms with E-state index < -0.39 is 15.8 Å². The van der Waals surface area contributed by atoms with Crippen molar-refractivity contribution >= 4 is 11.1 Å². The second-order valence-electron chi connectivity index (χ2n) is 2.39. The molecule has 0 aromatic rings. The largest absolute Gasteiger partial charge is 0.772 e. The Morgan fingerprint density at radius 2 is 1.78 bits per heavy atom. The fourth-order valence-corrected chi connectivity index (χ4v) is 0.957. The Balaban J connectivity index is 4.09. The summed E-state index contributed by atoms with van der Waals surface area (Å²) in [6.45, 7) is 5.54. The summed E-state index contributed by atoms with van der Waals surface area (Å²) in [6, 6.07) is 0. The minimum Gasteiger partial charge on any atom is -0.772 e. The maximum Gasteiger partial charge on any atom is 0.0294 e. The molecule has 0 radical (unpaired) electrons. The van der Waals surface area contributed by atoms with Crippen LogP contribution >= 0.6 is 0 Å². The molecule has 1 atom stereocenters. The van der Waals surface area contributed by atoms with E-state index in [0.29, 0.717) is 12.8 Å². The molecule has 0 aliphatic heterocycles. The molecule has 0 spiro atoms. The average Bonchev–Trinajstić information content (AvgIpc) is 1.86. The molecule has 3 heteroatoms. The Hall–Kier alpha value is 0.110. The van der Waals surface area contributed by atoms with E-state index in [1.54, 1.807) is 6.92 Å². The highest BCUT2D eigenvalue weighted by Crippen LogP contribution is 2.20. The summed E-state index contributed by atoms with van der Waals surface area (Å²) in [5, 5.41) is 0. The molecule has 0 bridgehead atoms. The first-order valence-electron chi connectivity index (χ1n) is 3.16. The lowest BCUT2D eigenvalue weighted by Gasteiger charge is -2.28. The third kappa shape index (κ3) is 2.06. The Labute approximate surface area is 58.9 Å². The maximum atomic E-state index is 10.5. The fraction of sp³-hybridized carbons (Fsp3) is 1.00. The number of hydrogen-bond acceptors (Lipinski definition) is 2. The average molecular weight is 149 g/mol. The van der Waals surface area contributed by atoms with Gasteiger partial charge in [0.2, 0.25) is 0 Å². The lowest BCUT2D eigenvalue weighted by Crippen LogP contribution is -2.28. The molecule has 0 rings (SSSR count). The third-order valence-corrected chi connectivity index (χ3v) is 3.28. The maximum absolute atomic E-state index is 10.5. The lowest BCUT2D eigenvalue weighted by atomic mass is 10.1. The molecule has 0 amide bonds. The van der Waals surface area contributed by atoms with Gasteiger partial charge in [0.15, 0.2) is 0 Å². The Kier molecular flexibility index (Phi) is 3.36. The minimum absolute atomic E-state index is 0.500. The van der Waals surface area contributed by atoms with Gasteiger partial charge in [-0.15, -0.1) is 0 Å². The summed E-state index contributed by atoms with van der Waals surface area (Å²) < 4.78 is 20.5. The molecule has 56 valence electrons. The number of hydrogen-bond donors (Lipinski definition) is 0. The number of rotatable bonds is 3. The molecule has 0 saturated heterocycles. The predicted octanol–water partition coefficient (Wildman–Crippen LogP) is 1.44. The molecule has 0 aromatic carbocycles. The van der Waals surface area contributed by atoms with Crippen LogP contribution in [0.25, 0.3) is 0 Å². The van der Waals surface area contributed by atoms with Crippen molar-refractivity contribution in [2.75, 3.05) is 0 Å².